The molecule has 0 saturated heterocycles. The van der Waals surface area contributed by atoms with Gasteiger partial charge >= 0.3 is 0 Å². The highest BCUT2D eigenvalue weighted by Crippen LogP contribution is 2.10. The Balaban J connectivity index is 2.17. The van der Waals surface area contributed by atoms with Crippen molar-refractivity contribution in [2.75, 3.05) is 0 Å². The maximum absolute atomic E-state index is 12.2. The van der Waals surface area contributed by atoms with Crippen LogP contribution in [0.1, 0.15) is 15.9 Å². The average molecular weight is 267 g/mol. The summed E-state index contributed by atoms with van der Waals surface area (Å²) < 4.78 is 0. The fourth-order valence-electron chi connectivity index (χ4n) is 1.75. The van der Waals surface area contributed by atoms with Crippen molar-refractivity contribution in [2.24, 2.45) is 5.34 Å². The van der Waals surface area contributed by atoms with Crippen LogP contribution in [-0.4, -0.2) is 11.9 Å². The van der Waals surface area contributed by atoms with Gasteiger partial charge < -0.3 is 4.84 Å². The van der Waals surface area contributed by atoms with Gasteiger partial charge in [-0.2, -0.15) is 0 Å². The van der Waals surface area contributed by atoms with Gasteiger partial charge in [0, 0.05) is 5.56 Å². The van der Waals surface area contributed by atoms with Gasteiger partial charge in [-0.15, -0.1) is 4.91 Å². The van der Waals surface area contributed by atoms with E-state index in [-0.39, 0.29) is 5.78 Å². The highest BCUT2D eigenvalue weighted by molar-refractivity contribution is 6.01. The Hall–Kier alpha value is -2.75. The van der Waals surface area contributed by atoms with Crippen molar-refractivity contribution in [2.45, 2.75) is 6.10 Å². The Morgan fingerprint density at radius 2 is 1.60 bits per heavy atom. The fourth-order valence-corrected chi connectivity index (χ4v) is 1.75. The highest BCUT2D eigenvalue weighted by Gasteiger charge is 2.19. The molecule has 0 aromatic heterocycles. The van der Waals surface area contributed by atoms with E-state index in [0.29, 0.717) is 5.56 Å². The molecule has 0 spiro atoms. The van der Waals surface area contributed by atoms with Gasteiger partial charge in [-0.05, 0) is 11.6 Å². The van der Waals surface area contributed by atoms with E-state index in [1.165, 1.54) is 6.08 Å². The van der Waals surface area contributed by atoms with Crippen LogP contribution in [-0.2, 0) is 4.84 Å². The van der Waals surface area contributed by atoms with Gasteiger partial charge in [0.15, 0.2) is 5.34 Å². The number of ketones is 1. The molecule has 0 aliphatic heterocycles. The third-order valence-electron chi connectivity index (χ3n) is 2.74. The molecule has 0 amide bonds. The minimum Gasteiger partial charge on any atom is -0.348 e. The molecule has 2 aromatic carbocycles. The lowest BCUT2D eigenvalue weighted by molar-refractivity contribution is 0.0579. The van der Waals surface area contributed by atoms with E-state index in [9.17, 15) is 9.70 Å². The molecule has 1 atom stereocenters. The summed E-state index contributed by atoms with van der Waals surface area (Å²) in [5, 5.41) is 2.37. The predicted octanol–water partition coefficient (Wildman–Crippen LogP) is 3.65. The van der Waals surface area contributed by atoms with Crippen molar-refractivity contribution in [3.8, 4) is 0 Å². The van der Waals surface area contributed by atoms with Gasteiger partial charge in [-0.3, -0.25) is 4.79 Å². The van der Waals surface area contributed by atoms with Crippen molar-refractivity contribution in [3.63, 3.8) is 0 Å². The molecule has 0 N–H and O–H groups in total. The summed E-state index contributed by atoms with van der Waals surface area (Å²) in [6.07, 6.45) is 2.22. The van der Waals surface area contributed by atoms with E-state index in [0.717, 1.165) is 5.56 Å². The number of carbonyl (C=O) groups is 1. The number of carbonyl (C=O) groups excluding carboxylic acids is 1. The first-order valence-electron chi connectivity index (χ1n) is 6.12. The topological polar surface area (TPSA) is 55.7 Å². The minimum absolute atomic E-state index is 0.308. The fraction of sp³-hybridized carbons (Fsp3) is 0.0625. The quantitative estimate of drug-likeness (QED) is 0.456. The van der Waals surface area contributed by atoms with Crippen molar-refractivity contribution in [1.29, 1.82) is 0 Å². The van der Waals surface area contributed by atoms with Crippen molar-refractivity contribution >= 4 is 11.9 Å². The molecule has 0 aliphatic rings. The molecule has 0 saturated carbocycles. The molecule has 4 heteroatoms. The Labute approximate surface area is 116 Å². The minimum atomic E-state index is -1.02. The van der Waals surface area contributed by atoms with E-state index in [2.05, 4.69) is 10.2 Å². The first kappa shape index (κ1) is 13.7. The molecular weight excluding hydrogens is 254 g/mol. The zero-order valence-electron chi connectivity index (χ0n) is 10.7. The van der Waals surface area contributed by atoms with Crippen molar-refractivity contribution in [1.82, 2.24) is 0 Å². The number of Topliss-reactive ketones (excluding diaryl/α,β-unsaturated/α-hetero) is 1. The van der Waals surface area contributed by atoms with Crippen LogP contribution in [0.2, 0.25) is 0 Å². The van der Waals surface area contributed by atoms with Crippen LogP contribution in [0.3, 0.4) is 0 Å². The molecule has 0 radical (unpaired) electrons. The molecule has 1 unspecified atom stereocenters. The Morgan fingerprint density at radius 3 is 2.20 bits per heavy atom. The molecule has 0 heterocycles. The molecule has 100 valence electrons. The average Bonchev–Trinajstić information content (AvgIpc) is 2.52. The van der Waals surface area contributed by atoms with E-state index in [1.807, 2.05) is 36.4 Å². The zero-order chi connectivity index (χ0) is 14.2. The van der Waals surface area contributed by atoms with E-state index >= 15 is 0 Å². The molecule has 0 aliphatic carbocycles. The molecule has 0 bridgehead atoms. The van der Waals surface area contributed by atoms with Gasteiger partial charge in [0.25, 0.3) is 0 Å². The van der Waals surface area contributed by atoms with Crippen LogP contribution in [0, 0.1) is 4.91 Å². The number of hydrogen-bond donors (Lipinski definition) is 0. The highest BCUT2D eigenvalue weighted by atomic mass is 16.7. The Bertz CT molecular complexity index is 594. The van der Waals surface area contributed by atoms with E-state index in [4.69, 9.17) is 0 Å². The van der Waals surface area contributed by atoms with Crippen LogP contribution in [0.5, 0.6) is 0 Å². The largest absolute Gasteiger partial charge is 0.348 e. The zero-order valence-corrected chi connectivity index (χ0v) is 10.7. The number of nitrogens with zero attached hydrogens (tertiary/aromatic N) is 1. The summed E-state index contributed by atoms with van der Waals surface area (Å²) in [6, 6.07) is 18.1. The number of rotatable bonds is 6. The third kappa shape index (κ3) is 3.62. The molecule has 2 aromatic rings. The molecular formula is C16H13NO3. The first-order valence-corrected chi connectivity index (χ1v) is 6.12. The Morgan fingerprint density at radius 1 is 1.00 bits per heavy atom. The number of benzene rings is 2. The lowest BCUT2D eigenvalue weighted by Crippen LogP contribution is -2.20. The van der Waals surface area contributed by atoms with Crippen LogP contribution in [0.4, 0.5) is 0 Å². The van der Waals surface area contributed by atoms with Crippen molar-refractivity contribution < 1.29 is 9.63 Å². The SMILES string of the molecule is O=NOC(C=Cc1ccccc1)C(=O)c1ccccc1. The summed E-state index contributed by atoms with van der Waals surface area (Å²) in [4.78, 5) is 27.1. The second kappa shape index (κ2) is 6.99. The Kier molecular flexibility index (Phi) is 4.78. The van der Waals surface area contributed by atoms with Crippen LogP contribution < -0.4 is 0 Å². The normalized spacial score (nSPS) is 12.0. The smallest absolute Gasteiger partial charge is 0.211 e. The van der Waals surface area contributed by atoms with Gasteiger partial charge in [0.1, 0.15) is 0 Å². The summed E-state index contributed by atoms with van der Waals surface area (Å²) in [7, 11) is 0. The van der Waals surface area contributed by atoms with Gasteiger partial charge in [0.2, 0.25) is 11.9 Å². The maximum atomic E-state index is 12.2. The summed E-state index contributed by atoms with van der Waals surface area (Å²) >= 11 is 0. The molecule has 4 nitrogen and oxygen atoms in total. The monoisotopic (exact) mass is 267 g/mol. The molecule has 2 rings (SSSR count). The summed E-state index contributed by atoms with van der Waals surface area (Å²) in [5.41, 5.74) is 1.38. The standard InChI is InChI=1S/C16H13NO3/c18-16(14-9-5-2-6-10-14)15(20-17-19)12-11-13-7-3-1-4-8-13/h1-12,15H. The lowest BCUT2D eigenvalue weighted by Gasteiger charge is -2.07. The van der Waals surface area contributed by atoms with Crippen LogP contribution >= 0.6 is 0 Å². The maximum Gasteiger partial charge on any atom is 0.211 e. The van der Waals surface area contributed by atoms with Crippen LogP contribution in [0.25, 0.3) is 6.08 Å². The molecule has 0 fully saturated rings. The van der Waals surface area contributed by atoms with Crippen LogP contribution in [0.15, 0.2) is 72.1 Å². The van der Waals surface area contributed by atoms with E-state index in [1.54, 1.807) is 30.3 Å². The summed E-state index contributed by atoms with van der Waals surface area (Å²) in [6.45, 7) is 0. The predicted molar refractivity (Wildman–Crippen MR) is 76.9 cm³/mol. The second-order valence-corrected chi connectivity index (χ2v) is 4.10. The number of hydrogen-bond acceptors (Lipinski definition) is 4. The van der Waals surface area contributed by atoms with Gasteiger partial charge in [0.05, 0.1) is 0 Å². The first-order chi connectivity index (χ1) is 9.81. The van der Waals surface area contributed by atoms with Gasteiger partial charge in [-0.25, -0.2) is 0 Å². The lowest BCUT2D eigenvalue weighted by atomic mass is 10.1. The second-order valence-electron chi connectivity index (χ2n) is 4.10. The van der Waals surface area contributed by atoms with Crippen molar-refractivity contribution in [3.05, 3.63) is 82.8 Å². The third-order valence-corrected chi connectivity index (χ3v) is 2.74. The van der Waals surface area contributed by atoms with Gasteiger partial charge in [-0.1, -0.05) is 66.7 Å². The summed E-state index contributed by atoms with van der Waals surface area (Å²) in [5.74, 6) is -0.308. The molecule has 20 heavy (non-hydrogen) atoms. The van der Waals surface area contributed by atoms with E-state index < -0.39 is 6.10 Å².